The van der Waals surface area contributed by atoms with E-state index in [1.807, 2.05) is 79.7 Å². The first-order chi connectivity index (χ1) is 39.6. The molecule has 3 heterocycles. The van der Waals surface area contributed by atoms with Crippen LogP contribution in [0.1, 0.15) is 129 Å². The zero-order chi connectivity index (χ0) is 62.3. The number of nitrogens with zero attached hydrogens (tertiary/aromatic N) is 8. The predicted molar refractivity (Wildman–Crippen MR) is 312 cm³/mol. The Hall–Kier alpha value is -8.26. The SMILES string of the molecule is CC(C)C[C@H]1C(=O)O[C@H](Cc2ccc(Cn3cccc3C#N)cc2)C(=O)N(C)[C@@H](CC(C)C)C(=O)O[C@H](C)C(=O)N(C)[C@@H](CC(C)C)C(=O)O[C@H](Cc2ccc(Cn3cccc3C#N)cc2)C(=O)N(C)[C@@H](CC(C)C)C(=O)O[C@H](C)C(=O)N1C. The summed E-state index contributed by atoms with van der Waals surface area (Å²) in [5.74, 6) is -7.72. The van der Waals surface area contributed by atoms with Crippen LogP contribution in [0, 0.1) is 46.3 Å². The van der Waals surface area contributed by atoms with Crippen LogP contribution in [0.2, 0.25) is 0 Å². The number of esters is 4. The van der Waals surface area contributed by atoms with E-state index in [9.17, 15) is 39.3 Å². The van der Waals surface area contributed by atoms with Crippen molar-refractivity contribution in [2.75, 3.05) is 28.2 Å². The van der Waals surface area contributed by atoms with E-state index in [0.29, 0.717) is 35.6 Å². The summed E-state index contributed by atoms with van der Waals surface area (Å²) < 4.78 is 27.8. The third kappa shape index (κ3) is 17.9. The molecule has 8 atom stereocenters. The van der Waals surface area contributed by atoms with Gasteiger partial charge in [0.25, 0.3) is 23.6 Å². The smallest absolute Gasteiger partial charge is 0.329 e. The molecule has 2 aromatic carbocycles. The van der Waals surface area contributed by atoms with Gasteiger partial charge in [-0.05, 0) is 110 Å². The average molecular weight is 1160 g/mol. The van der Waals surface area contributed by atoms with Gasteiger partial charge in [-0.3, -0.25) is 19.2 Å². The maximum atomic E-state index is 15.0. The van der Waals surface area contributed by atoms with Crippen molar-refractivity contribution in [3.05, 3.63) is 119 Å². The lowest BCUT2D eigenvalue weighted by Crippen LogP contribution is -2.55. The molecule has 84 heavy (non-hydrogen) atoms. The topological polar surface area (TPSA) is 244 Å². The Balaban J connectivity index is 1.59. The molecule has 1 saturated heterocycles. The zero-order valence-corrected chi connectivity index (χ0v) is 51.1. The van der Waals surface area contributed by atoms with Gasteiger partial charge in [0.1, 0.15) is 47.7 Å². The van der Waals surface area contributed by atoms with Gasteiger partial charge >= 0.3 is 23.9 Å². The fourth-order valence-corrected chi connectivity index (χ4v) is 10.2. The van der Waals surface area contributed by atoms with Crippen LogP contribution in [-0.2, 0) is 83.2 Å². The van der Waals surface area contributed by atoms with Gasteiger partial charge in [0.15, 0.2) is 24.4 Å². The molecule has 0 aliphatic carbocycles. The quantitative estimate of drug-likeness (QED) is 0.0802. The second-order valence-electron chi connectivity index (χ2n) is 23.7. The van der Waals surface area contributed by atoms with Crippen LogP contribution in [0.5, 0.6) is 0 Å². The predicted octanol–water partition coefficient (Wildman–Crippen LogP) is 7.11. The number of benzene rings is 2. The normalized spacial score (nSPS) is 22.5. The van der Waals surface area contributed by atoms with E-state index in [1.165, 1.54) is 42.0 Å². The number of hydrogen-bond donors (Lipinski definition) is 0. The van der Waals surface area contributed by atoms with E-state index in [-0.39, 0.29) is 62.2 Å². The van der Waals surface area contributed by atoms with Crippen LogP contribution in [0.15, 0.2) is 85.2 Å². The average Bonchev–Trinajstić information content (AvgIpc) is 4.14. The van der Waals surface area contributed by atoms with Crippen molar-refractivity contribution in [2.45, 2.75) is 169 Å². The number of nitriles is 2. The van der Waals surface area contributed by atoms with Gasteiger partial charge in [0.2, 0.25) is 0 Å². The second kappa shape index (κ2) is 30.3. The molecule has 5 rings (SSSR count). The van der Waals surface area contributed by atoms with Crippen LogP contribution in [-0.4, -0.2) is 153 Å². The van der Waals surface area contributed by atoms with E-state index in [2.05, 4.69) is 12.1 Å². The van der Waals surface area contributed by atoms with E-state index < -0.39 is 96.1 Å². The van der Waals surface area contributed by atoms with Gasteiger partial charge in [0.05, 0.1) is 0 Å². The molecule has 0 radical (unpaired) electrons. The lowest BCUT2D eigenvalue weighted by atomic mass is 9.99. The molecule has 1 fully saturated rings. The number of likely N-dealkylation sites (N-methyl/N-ethyl adjacent to an activating group) is 4. The lowest BCUT2D eigenvalue weighted by molar-refractivity contribution is -0.176. The number of carbonyl (C=O) groups is 8. The maximum Gasteiger partial charge on any atom is 0.329 e. The van der Waals surface area contributed by atoms with Crippen molar-refractivity contribution in [1.29, 1.82) is 10.5 Å². The number of carbonyl (C=O) groups excluding carboxylic acids is 8. The molecule has 20 nitrogen and oxygen atoms in total. The van der Waals surface area contributed by atoms with Crippen molar-refractivity contribution in [2.24, 2.45) is 23.7 Å². The highest BCUT2D eigenvalue weighted by Crippen LogP contribution is 2.25. The Morgan fingerprint density at radius 3 is 0.940 bits per heavy atom. The monoisotopic (exact) mass is 1160 g/mol. The molecule has 4 aromatic rings. The molecule has 0 unspecified atom stereocenters. The zero-order valence-electron chi connectivity index (χ0n) is 51.1. The summed E-state index contributed by atoms with van der Waals surface area (Å²) in [7, 11) is 5.49. The molecule has 4 amide bonds. The molecular formula is C64H84N8O12. The minimum absolute atomic E-state index is 0.0588. The van der Waals surface area contributed by atoms with Crippen molar-refractivity contribution in [3.63, 3.8) is 0 Å². The Morgan fingerprint density at radius 1 is 0.405 bits per heavy atom. The van der Waals surface area contributed by atoms with Crippen molar-refractivity contribution < 1.29 is 57.3 Å². The summed E-state index contributed by atoms with van der Waals surface area (Å²) in [6.07, 6.45) is -2.70. The second-order valence-corrected chi connectivity index (χ2v) is 23.7. The minimum atomic E-state index is -1.57. The fourth-order valence-electron chi connectivity index (χ4n) is 10.2. The first-order valence-corrected chi connectivity index (χ1v) is 28.8. The van der Waals surface area contributed by atoms with Crippen molar-refractivity contribution >= 4 is 47.5 Å². The third-order valence-electron chi connectivity index (χ3n) is 15.0. The summed E-state index contributed by atoms with van der Waals surface area (Å²) in [5.41, 5.74) is 3.77. The Kier molecular flexibility index (Phi) is 24.0. The summed E-state index contributed by atoms with van der Waals surface area (Å²) >= 11 is 0. The van der Waals surface area contributed by atoms with Gasteiger partial charge in [-0.2, -0.15) is 10.5 Å². The largest absolute Gasteiger partial charge is 0.451 e. The van der Waals surface area contributed by atoms with Gasteiger partial charge in [-0.15, -0.1) is 0 Å². The van der Waals surface area contributed by atoms with E-state index in [0.717, 1.165) is 30.7 Å². The molecule has 0 bridgehead atoms. The van der Waals surface area contributed by atoms with Gasteiger partial charge in [0, 0.05) is 66.5 Å². The number of amides is 4. The molecule has 2 aromatic heterocycles. The fraction of sp³-hybridized carbons (Fsp3) is 0.531. The van der Waals surface area contributed by atoms with Crippen LogP contribution < -0.4 is 0 Å². The molecule has 0 saturated carbocycles. The Morgan fingerprint density at radius 2 is 0.667 bits per heavy atom. The standard InChI is InChI=1S/C64H84N8O12/c1-39(2)29-51-61(77)81-43(9)57(73)67(11)54(32-42(7)8)64(80)84-56(34-46-21-25-48(26-22-46)38-72-28-16-18-50(72)36-66)60(76)70(14)52(30-40(3)4)62(78)82-44(10)58(74)68(12)53(31-41(5)6)63(79)83-55(59(75)69(51)13)33-45-19-23-47(24-20-45)37-71-27-15-17-49(71)35-65/h15-28,39-44,51-56H,29-34,37-38H2,1-14H3/t43-,44-,51+,52+,53+,54+,55-,56-/m1/s1. The van der Waals surface area contributed by atoms with Gasteiger partial charge in [-0.1, -0.05) is 104 Å². The molecule has 1 aliphatic heterocycles. The van der Waals surface area contributed by atoms with Gasteiger partial charge in [-0.25, -0.2) is 19.2 Å². The molecule has 20 heteroatoms. The minimum Gasteiger partial charge on any atom is -0.451 e. The number of cyclic esters (lactones) is 4. The highest BCUT2D eigenvalue weighted by atomic mass is 16.6. The van der Waals surface area contributed by atoms with Crippen LogP contribution >= 0.6 is 0 Å². The number of ether oxygens (including phenoxy) is 4. The highest BCUT2D eigenvalue weighted by Gasteiger charge is 2.43. The lowest BCUT2D eigenvalue weighted by Gasteiger charge is -2.35. The molecule has 0 spiro atoms. The van der Waals surface area contributed by atoms with Crippen LogP contribution in [0.25, 0.3) is 0 Å². The van der Waals surface area contributed by atoms with Crippen LogP contribution in [0.3, 0.4) is 0 Å². The van der Waals surface area contributed by atoms with E-state index in [1.54, 1.807) is 70.1 Å². The molecule has 1 aliphatic rings. The molecule has 452 valence electrons. The first kappa shape index (κ1) is 66.5. The maximum absolute atomic E-state index is 15.0. The Labute approximate surface area is 494 Å². The summed E-state index contributed by atoms with van der Waals surface area (Å²) in [6, 6.07) is 20.3. The Bertz CT molecular complexity index is 2800. The van der Waals surface area contributed by atoms with Crippen LogP contribution in [0.4, 0.5) is 0 Å². The number of rotatable bonds is 16. The molecular weight excluding hydrogens is 1070 g/mol. The number of hydrogen-bond acceptors (Lipinski definition) is 14. The number of aromatic nitrogens is 2. The van der Waals surface area contributed by atoms with E-state index >= 15 is 9.59 Å². The summed E-state index contributed by atoms with van der Waals surface area (Å²) in [4.78, 5) is 122. The van der Waals surface area contributed by atoms with E-state index in [4.69, 9.17) is 18.9 Å². The van der Waals surface area contributed by atoms with Gasteiger partial charge < -0.3 is 47.7 Å². The van der Waals surface area contributed by atoms with Crippen molar-refractivity contribution in [1.82, 2.24) is 28.7 Å². The van der Waals surface area contributed by atoms with Crippen molar-refractivity contribution in [3.8, 4) is 12.1 Å². The summed E-state index contributed by atoms with van der Waals surface area (Å²) in [5, 5.41) is 19.2. The highest BCUT2D eigenvalue weighted by molar-refractivity contribution is 5.94. The molecule has 0 N–H and O–H groups in total. The third-order valence-corrected chi connectivity index (χ3v) is 15.0. The summed E-state index contributed by atoms with van der Waals surface area (Å²) in [6.45, 7) is 18.2. The first-order valence-electron chi connectivity index (χ1n) is 28.8.